The van der Waals surface area contributed by atoms with Gasteiger partial charge in [0.2, 0.25) is 0 Å². The molecule has 0 unspecified atom stereocenters. The highest BCUT2D eigenvalue weighted by Gasteiger charge is 2.02. The molecule has 2 nitrogen and oxygen atoms in total. The second-order valence-electron chi connectivity index (χ2n) is 1.95. The Bertz CT molecular complexity index is 221. The number of allylic oxidation sites excluding steroid dienone is 2. The second-order valence-corrected chi connectivity index (χ2v) is 1.95. The van der Waals surface area contributed by atoms with Gasteiger partial charge in [0.15, 0.2) is 0 Å². The summed E-state index contributed by atoms with van der Waals surface area (Å²) in [5, 5.41) is 2.94. The summed E-state index contributed by atoms with van der Waals surface area (Å²) in [6, 6.07) is 0. The van der Waals surface area contributed by atoms with Gasteiger partial charge < -0.3 is 5.32 Å². The Balaban J connectivity index is 2.72. The molecular formula is C8H10N2. The van der Waals surface area contributed by atoms with Crippen LogP contribution in [0, 0.1) is 0 Å². The Kier molecular flexibility index (Phi) is 2.05. The molecule has 0 radical (unpaired) electrons. The van der Waals surface area contributed by atoms with E-state index in [2.05, 4.69) is 16.9 Å². The lowest BCUT2D eigenvalue weighted by Gasteiger charge is -1.93. The van der Waals surface area contributed by atoms with Gasteiger partial charge in [-0.1, -0.05) is 12.7 Å². The Morgan fingerprint density at radius 1 is 1.70 bits per heavy atom. The number of hydrogen-bond donors (Lipinski definition) is 1. The van der Waals surface area contributed by atoms with Crippen LogP contribution in [0.4, 0.5) is 0 Å². The van der Waals surface area contributed by atoms with Crippen molar-refractivity contribution >= 4 is 5.71 Å². The van der Waals surface area contributed by atoms with Crippen LogP contribution < -0.4 is 5.32 Å². The maximum Gasteiger partial charge on any atom is 0.0872 e. The molecule has 1 rings (SSSR count). The molecule has 1 aliphatic heterocycles. The SMILES string of the molecule is C=C1NC=CC1=N/C=C\C. The average molecular weight is 134 g/mol. The largest absolute Gasteiger partial charge is 0.360 e. The molecule has 0 atom stereocenters. The number of aliphatic imine (C=N–C) groups is 1. The van der Waals surface area contributed by atoms with Crippen LogP contribution in [0.2, 0.25) is 0 Å². The minimum atomic E-state index is 0.859. The maximum atomic E-state index is 4.11. The molecule has 0 spiro atoms. The molecule has 0 amide bonds. The maximum absolute atomic E-state index is 4.11. The molecule has 0 bridgehead atoms. The quantitative estimate of drug-likeness (QED) is 0.578. The number of nitrogens with one attached hydrogen (secondary N) is 1. The minimum absolute atomic E-state index is 0.859. The number of rotatable bonds is 1. The summed E-state index contributed by atoms with van der Waals surface area (Å²) in [6.07, 6.45) is 7.34. The normalized spacial score (nSPS) is 20.9. The van der Waals surface area contributed by atoms with E-state index >= 15 is 0 Å². The van der Waals surface area contributed by atoms with Crippen LogP contribution in [0.3, 0.4) is 0 Å². The number of nitrogens with zero attached hydrogens (tertiary/aromatic N) is 1. The Morgan fingerprint density at radius 3 is 3.00 bits per heavy atom. The van der Waals surface area contributed by atoms with Crippen molar-refractivity contribution in [1.82, 2.24) is 5.32 Å². The molecule has 0 aromatic rings. The molecule has 0 saturated carbocycles. The van der Waals surface area contributed by atoms with Crippen molar-refractivity contribution in [2.45, 2.75) is 6.92 Å². The van der Waals surface area contributed by atoms with Crippen molar-refractivity contribution < 1.29 is 0 Å². The average Bonchev–Trinajstić information content (AvgIpc) is 2.31. The third-order valence-electron chi connectivity index (χ3n) is 1.17. The van der Waals surface area contributed by atoms with Gasteiger partial charge in [0.25, 0.3) is 0 Å². The van der Waals surface area contributed by atoms with E-state index in [0.717, 1.165) is 11.4 Å². The predicted molar refractivity (Wildman–Crippen MR) is 43.7 cm³/mol. The first-order chi connectivity index (χ1) is 4.84. The Labute approximate surface area is 60.7 Å². The first-order valence-corrected chi connectivity index (χ1v) is 3.16. The summed E-state index contributed by atoms with van der Waals surface area (Å²) in [4.78, 5) is 4.11. The molecule has 1 N–H and O–H groups in total. The molecule has 52 valence electrons. The molecule has 0 aliphatic carbocycles. The highest BCUT2D eigenvalue weighted by Crippen LogP contribution is 2.00. The minimum Gasteiger partial charge on any atom is -0.360 e. The second kappa shape index (κ2) is 3.01. The summed E-state index contributed by atoms with van der Waals surface area (Å²) in [7, 11) is 0. The summed E-state index contributed by atoms with van der Waals surface area (Å²) in [5.74, 6) is 0. The van der Waals surface area contributed by atoms with E-state index in [4.69, 9.17) is 0 Å². The monoisotopic (exact) mass is 134 g/mol. The van der Waals surface area contributed by atoms with E-state index in [-0.39, 0.29) is 0 Å². The summed E-state index contributed by atoms with van der Waals surface area (Å²) in [5.41, 5.74) is 1.76. The first kappa shape index (κ1) is 6.81. The van der Waals surface area contributed by atoms with Gasteiger partial charge in [-0.05, 0) is 13.0 Å². The summed E-state index contributed by atoms with van der Waals surface area (Å²) < 4.78 is 0. The van der Waals surface area contributed by atoms with Gasteiger partial charge >= 0.3 is 0 Å². The van der Waals surface area contributed by atoms with Gasteiger partial charge in [0.1, 0.15) is 0 Å². The lowest BCUT2D eigenvalue weighted by molar-refractivity contribution is 1.18. The van der Waals surface area contributed by atoms with Crippen LogP contribution in [-0.2, 0) is 0 Å². The highest BCUT2D eigenvalue weighted by atomic mass is 14.9. The Morgan fingerprint density at radius 2 is 2.50 bits per heavy atom. The standard InChI is InChI=1S/C8H10N2/c1-3-5-10-8-4-6-9-7(8)2/h3-6,9H,2H2,1H3/b5-3-,10-8?. The van der Waals surface area contributed by atoms with E-state index in [9.17, 15) is 0 Å². The van der Waals surface area contributed by atoms with E-state index < -0.39 is 0 Å². The van der Waals surface area contributed by atoms with E-state index in [1.54, 1.807) is 6.20 Å². The molecule has 10 heavy (non-hydrogen) atoms. The van der Waals surface area contributed by atoms with Crippen LogP contribution in [0.25, 0.3) is 0 Å². The molecule has 2 heteroatoms. The van der Waals surface area contributed by atoms with Crippen molar-refractivity contribution in [3.63, 3.8) is 0 Å². The van der Waals surface area contributed by atoms with Gasteiger partial charge in [-0.3, -0.25) is 4.99 Å². The fourth-order valence-corrected chi connectivity index (χ4v) is 0.672. The van der Waals surface area contributed by atoms with Crippen molar-refractivity contribution in [1.29, 1.82) is 0 Å². The molecule has 0 aromatic carbocycles. The molecule has 1 aliphatic rings. The zero-order chi connectivity index (χ0) is 7.40. The van der Waals surface area contributed by atoms with Crippen LogP contribution in [0.15, 0.2) is 41.8 Å². The lowest BCUT2D eigenvalue weighted by atomic mass is 10.3. The Hall–Kier alpha value is -1.31. The fraction of sp³-hybridized carbons (Fsp3) is 0.125. The van der Waals surface area contributed by atoms with Crippen LogP contribution in [0.1, 0.15) is 6.92 Å². The van der Waals surface area contributed by atoms with E-state index in [1.807, 2.05) is 25.3 Å². The van der Waals surface area contributed by atoms with Gasteiger partial charge in [0, 0.05) is 12.4 Å². The van der Waals surface area contributed by atoms with Crippen LogP contribution >= 0.6 is 0 Å². The smallest absolute Gasteiger partial charge is 0.0872 e. The van der Waals surface area contributed by atoms with Gasteiger partial charge in [-0.15, -0.1) is 0 Å². The van der Waals surface area contributed by atoms with Gasteiger partial charge in [-0.25, -0.2) is 0 Å². The van der Waals surface area contributed by atoms with Crippen molar-refractivity contribution in [2.24, 2.45) is 4.99 Å². The lowest BCUT2D eigenvalue weighted by Crippen LogP contribution is -2.02. The van der Waals surface area contributed by atoms with Gasteiger partial charge in [-0.2, -0.15) is 0 Å². The predicted octanol–water partition coefficient (Wildman–Crippen LogP) is 1.59. The zero-order valence-corrected chi connectivity index (χ0v) is 5.96. The molecule has 0 fully saturated rings. The zero-order valence-electron chi connectivity index (χ0n) is 5.96. The molecule has 0 saturated heterocycles. The number of hydrogen-bond acceptors (Lipinski definition) is 2. The van der Waals surface area contributed by atoms with Crippen molar-refractivity contribution in [3.05, 3.63) is 36.8 Å². The van der Waals surface area contributed by atoms with Crippen LogP contribution in [0.5, 0.6) is 0 Å². The summed E-state index contributed by atoms with van der Waals surface area (Å²) >= 11 is 0. The molecule has 0 aromatic heterocycles. The molecule has 1 heterocycles. The summed E-state index contributed by atoms with van der Waals surface area (Å²) in [6.45, 7) is 5.68. The van der Waals surface area contributed by atoms with Crippen molar-refractivity contribution in [2.75, 3.05) is 0 Å². The fourth-order valence-electron chi connectivity index (χ4n) is 0.672. The van der Waals surface area contributed by atoms with Crippen LogP contribution in [-0.4, -0.2) is 5.71 Å². The van der Waals surface area contributed by atoms with E-state index in [0.29, 0.717) is 0 Å². The third kappa shape index (κ3) is 1.35. The first-order valence-electron chi connectivity index (χ1n) is 3.16. The molecular weight excluding hydrogens is 124 g/mol. The third-order valence-corrected chi connectivity index (χ3v) is 1.17. The van der Waals surface area contributed by atoms with E-state index in [1.165, 1.54) is 0 Å². The highest BCUT2D eigenvalue weighted by molar-refractivity contribution is 6.09. The van der Waals surface area contributed by atoms with Gasteiger partial charge in [0.05, 0.1) is 11.4 Å². The van der Waals surface area contributed by atoms with Crippen molar-refractivity contribution in [3.8, 4) is 0 Å². The topological polar surface area (TPSA) is 24.4 Å².